The number of ether oxygens (including phenoxy) is 1. The van der Waals surface area contributed by atoms with Gasteiger partial charge in [-0.25, -0.2) is 4.79 Å². The molecule has 0 radical (unpaired) electrons. The van der Waals surface area contributed by atoms with Crippen LogP contribution in [0.5, 0.6) is 0 Å². The SMILES string of the molecule is C[C@H](OC(=O)c1cccc(N(C)C)c1)C(=O)N1CCc2ccccc21. The zero-order valence-electron chi connectivity index (χ0n) is 14.7. The van der Waals surface area contributed by atoms with Gasteiger partial charge < -0.3 is 14.5 Å². The molecular formula is C20H22N2O3. The van der Waals surface area contributed by atoms with Crippen LogP contribution >= 0.6 is 0 Å². The largest absolute Gasteiger partial charge is 0.449 e. The number of amides is 1. The van der Waals surface area contributed by atoms with Crippen molar-refractivity contribution in [2.45, 2.75) is 19.4 Å². The lowest BCUT2D eigenvalue weighted by atomic mass is 10.2. The smallest absolute Gasteiger partial charge is 0.338 e. The normalized spacial score (nSPS) is 14.0. The molecular weight excluding hydrogens is 316 g/mol. The molecule has 0 bridgehead atoms. The first-order valence-electron chi connectivity index (χ1n) is 8.35. The van der Waals surface area contributed by atoms with Crippen molar-refractivity contribution >= 4 is 23.3 Å². The van der Waals surface area contributed by atoms with E-state index in [0.29, 0.717) is 12.1 Å². The van der Waals surface area contributed by atoms with E-state index in [1.165, 1.54) is 0 Å². The maximum atomic E-state index is 12.7. The summed E-state index contributed by atoms with van der Waals surface area (Å²) in [6.07, 6.45) is -0.00494. The predicted octanol–water partition coefficient (Wildman–Crippen LogP) is 2.89. The molecule has 130 valence electrons. The summed E-state index contributed by atoms with van der Waals surface area (Å²) in [4.78, 5) is 28.7. The van der Waals surface area contributed by atoms with Gasteiger partial charge >= 0.3 is 5.97 Å². The summed E-state index contributed by atoms with van der Waals surface area (Å²) in [5, 5.41) is 0. The van der Waals surface area contributed by atoms with Gasteiger partial charge in [-0.05, 0) is 43.2 Å². The van der Waals surface area contributed by atoms with Crippen LogP contribution in [-0.4, -0.2) is 38.6 Å². The van der Waals surface area contributed by atoms with E-state index >= 15 is 0 Å². The van der Waals surface area contributed by atoms with E-state index in [1.54, 1.807) is 30.0 Å². The third-order valence-electron chi connectivity index (χ3n) is 4.38. The summed E-state index contributed by atoms with van der Waals surface area (Å²) in [6.45, 7) is 2.24. The summed E-state index contributed by atoms with van der Waals surface area (Å²) in [6, 6.07) is 15.0. The Morgan fingerprint density at radius 1 is 1.12 bits per heavy atom. The van der Waals surface area contributed by atoms with Gasteiger partial charge in [0.15, 0.2) is 6.10 Å². The number of hydrogen-bond donors (Lipinski definition) is 0. The molecule has 5 nitrogen and oxygen atoms in total. The van der Waals surface area contributed by atoms with E-state index in [1.807, 2.05) is 49.3 Å². The van der Waals surface area contributed by atoms with Gasteiger partial charge in [0, 0.05) is 32.0 Å². The van der Waals surface area contributed by atoms with Gasteiger partial charge in [0.05, 0.1) is 5.56 Å². The Balaban J connectivity index is 1.70. The number of carbonyl (C=O) groups excluding carboxylic acids is 2. The van der Waals surface area contributed by atoms with E-state index in [0.717, 1.165) is 23.4 Å². The van der Waals surface area contributed by atoms with Crippen molar-refractivity contribution in [1.29, 1.82) is 0 Å². The Bertz CT molecular complexity index is 801. The highest BCUT2D eigenvalue weighted by Crippen LogP contribution is 2.28. The second-order valence-electron chi connectivity index (χ2n) is 6.36. The van der Waals surface area contributed by atoms with Crippen molar-refractivity contribution in [3.63, 3.8) is 0 Å². The topological polar surface area (TPSA) is 49.9 Å². The Labute approximate surface area is 147 Å². The highest BCUT2D eigenvalue weighted by Gasteiger charge is 2.29. The molecule has 0 spiro atoms. The molecule has 0 unspecified atom stereocenters. The van der Waals surface area contributed by atoms with Crippen molar-refractivity contribution in [2.75, 3.05) is 30.4 Å². The first-order chi connectivity index (χ1) is 12.0. The first kappa shape index (κ1) is 17.0. The molecule has 3 rings (SSSR count). The molecule has 25 heavy (non-hydrogen) atoms. The summed E-state index contributed by atoms with van der Waals surface area (Å²) in [7, 11) is 3.81. The van der Waals surface area contributed by atoms with Crippen LogP contribution < -0.4 is 9.80 Å². The molecule has 1 atom stereocenters. The minimum absolute atomic E-state index is 0.193. The van der Waals surface area contributed by atoms with Crippen molar-refractivity contribution in [2.24, 2.45) is 0 Å². The van der Waals surface area contributed by atoms with Gasteiger partial charge in [-0.2, -0.15) is 0 Å². The molecule has 2 aromatic carbocycles. The second-order valence-corrected chi connectivity index (χ2v) is 6.36. The third kappa shape index (κ3) is 3.50. The number of esters is 1. The number of hydrogen-bond acceptors (Lipinski definition) is 4. The summed E-state index contributed by atoms with van der Waals surface area (Å²) < 4.78 is 5.41. The van der Waals surface area contributed by atoms with E-state index in [9.17, 15) is 9.59 Å². The molecule has 0 N–H and O–H groups in total. The van der Waals surface area contributed by atoms with Gasteiger partial charge in [-0.1, -0.05) is 24.3 Å². The average molecular weight is 338 g/mol. The van der Waals surface area contributed by atoms with Crippen LogP contribution in [0.15, 0.2) is 48.5 Å². The molecule has 0 aromatic heterocycles. The number of para-hydroxylation sites is 1. The quantitative estimate of drug-likeness (QED) is 0.805. The van der Waals surface area contributed by atoms with Gasteiger partial charge in [-0.3, -0.25) is 4.79 Å². The fraction of sp³-hybridized carbons (Fsp3) is 0.300. The highest BCUT2D eigenvalue weighted by atomic mass is 16.5. The standard InChI is InChI=1S/C20H22N2O3/c1-14(19(23)22-12-11-15-7-4-5-10-18(15)22)25-20(24)16-8-6-9-17(13-16)21(2)3/h4-10,13-14H,11-12H2,1-3H3/t14-/m0/s1. The zero-order chi connectivity index (χ0) is 18.0. The maximum Gasteiger partial charge on any atom is 0.338 e. The maximum absolute atomic E-state index is 12.7. The Kier molecular flexibility index (Phi) is 4.74. The average Bonchev–Trinajstić information content (AvgIpc) is 3.05. The molecule has 0 aliphatic carbocycles. The van der Waals surface area contributed by atoms with Crippen LogP contribution in [0, 0.1) is 0 Å². The van der Waals surface area contributed by atoms with E-state index in [-0.39, 0.29) is 5.91 Å². The molecule has 2 aromatic rings. The summed E-state index contributed by atoms with van der Waals surface area (Å²) >= 11 is 0. The molecule has 1 aliphatic heterocycles. The van der Waals surface area contributed by atoms with Gasteiger partial charge in [0.1, 0.15) is 0 Å². The number of anilines is 2. The monoisotopic (exact) mass is 338 g/mol. The Morgan fingerprint density at radius 3 is 2.64 bits per heavy atom. The van der Waals surface area contributed by atoms with Crippen molar-refractivity contribution in [3.05, 3.63) is 59.7 Å². The number of nitrogens with zero attached hydrogens (tertiary/aromatic N) is 2. The highest BCUT2D eigenvalue weighted by molar-refractivity contribution is 6.00. The van der Waals surface area contributed by atoms with Crippen LogP contribution in [0.4, 0.5) is 11.4 Å². The minimum Gasteiger partial charge on any atom is -0.449 e. The number of benzene rings is 2. The lowest BCUT2D eigenvalue weighted by Crippen LogP contribution is -2.39. The zero-order valence-corrected chi connectivity index (χ0v) is 14.7. The number of fused-ring (bicyclic) bond motifs is 1. The van der Waals surface area contributed by atoms with Crippen LogP contribution in [0.1, 0.15) is 22.8 Å². The Morgan fingerprint density at radius 2 is 1.88 bits per heavy atom. The fourth-order valence-corrected chi connectivity index (χ4v) is 2.98. The molecule has 5 heteroatoms. The van der Waals surface area contributed by atoms with E-state index < -0.39 is 12.1 Å². The Hall–Kier alpha value is -2.82. The predicted molar refractivity (Wildman–Crippen MR) is 98.1 cm³/mol. The lowest BCUT2D eigenvalue weighted by Gasteiger charge is -2.22. The summed E-state index contributed by atoms with van der Waals surface area (Å²) in [5.41, 5.74) is 3.40. The summed E-state index contributed by atoms with van der Waals surface area (Å²) in [5.74, 6) is -0.681. The second kappa shape index (κ2) is 6.97. The first-order valence-corrected chi connectivity index (χ1v) is 8.35. The molecule has 0 saturated heterocycles. The molecule has 1 heterocycles. The third-order valence-corrected chi connectivity index (χ3v) is 4.38. The molecule has 1 amide bonds. The molecule has 0 saturated carbocycles. The van der Waals surface area contributed by atoms with Gasteiger partial charge in [0.25, 0.3) is 5.91 Å². The van der Waals surface area contributed by atoms with Crippen molar-refractivity contribution < 1.29 is 14.3 Å². The van der Waals surface area contributed by atoms with Gasteiger partial charge in [0.2, 0.25) is 0 Å². The number of rotatable bonds is 4. The fourth-order valence-electron chi connectivity index (χ4n) is 2.98. The van der Waals surface area contributed by atoms with Crippen molar-refractivity contribution in [3.8, 4) is 0 Å². The minimum atomic E-state index is -0.832. The van der Waals surface area contributed by atoms with Crippen molar-refractivity contribution in [1.82, 2.24) is 0 Å². The van der Waals surface area contributed by atoms with Crippen LogP contribution in [0.25, 0.3) is 0 Å². The lowest BCUT2D eigenvalue weighted by molar-refractivity contribution is -0.126. The van der Waals surface area contributed by atoms with Gasteiger partial charge in [-0.15, -0.1) is 0 Å². The number of carbonyl (C=O) groups is 2. The molecule has 0 fully saturated rings. The van der Waals surface area contributed by atoms with Crippen LogP contribution in [0.2, 0.25) is 0 Å². The van der Waals surface area contributed by atoms with E-state index in [2.05, 4.69) is 0 Å². The molecule has 1 aliphatic rings. The van der Waals surface area contributed by atoms with E-state index in [4.69, 9.17) is 4.74 Å². The van der Waals surface area contributed by atoms with Crippen LogP contribution in [0.3, 0.4) is 0 Å². The van der Waals surface area contributed by atoms with Crippen LogP contribution in [-0.2, 0) is 16.0 Å².